The normalized spacial score (nSPS) is 12.8. The van der Waals surface area contributed by atoms with E-state index in [-0.39, 0.29) is 16.6 Å². The minimum Gasteiger partial charge on any atom is -0.505 e. The van der Waals surface area contributed by atoms with Crippen molar-refractivity contribution in [3.8, 4) is 11.4 Å². The lowest BCUT2D eigenvalue weighted by molar-refractivity contribution is 0.280. The molecule has 0 aliphatic rings. The number of phenols is 1. The molecule has 0 fully saturated rings. The average Bonchev–Trinajstić information content (AvgIpc) is 3.09. The lowest BCUT2D eigenvalue weighted by Gasteiger charge is -2.34. The summed E-state index contributed by atoms with van der Waals surface area (Å²) < 4.78 is 0. The second-order valence-electron chi connectivity index (χ2n) is 10.1. The van der Waals surface area contributed by atoms with Gasteiger partial charge in [0.25, 0.3) is 0 Å². The molecule has 0 atom stereocenters. The molecule has 0 aliphatic carbocycles. The Morgan fingerprint density at radius 1 is 0.933 bits per heavy atom. The van der Waals surface area contributed by atoms with Crippen LogP contribution in [-0.4, -0.2) is 38.1 Å². The van der Waals surface area contributed by atoms with Gasteiger partial charge < -0.3 is 5.11 Å². The molecule has 1 heterocycles. The van der Waals surface area contributed by atoms with Crippen molar-refractivity contribution < 1.29 is 5.11 Å². The van der Waals surface area contributed by atoms with Gasteiger partial charge in [-0.1, -0.05) is 66.7 Å². The molecule has 0 spiro atoms. The van der Waals surface area contributed by atoms with E-state index >= 15 is 0 Å². The first-order valence-corrected chi connectivity index (χ1v) is 11.0. The Bertz CT molecular complexity index is 977. The maximum Gasteiger partial charge on any atom is 0.147 e. The Labute approximate surface area is 180 Å². The molecule has 1 N–H and O–H groups in total. The second kappa shape index (κ2) is 8.38. The standard InChI is InChI=1S/C25H36N4O/c1-8-28(9-2)16-18-14-19(25(6,7)17-24(3,4)5)15-22(23(18)30)29-26-20-12-10-11-13-21(20)27-29/h10-15,30H,8-9,16-17H2,1-7H3. The van der Waals surface area contributed by atoms with Gasteiger partial charge in [-0.05, 0) is 54.1 Å². The zero-order valence-electron chi connectivity index (χ0n) is 19.5. The third-order valence-corrected chi connectivity index (χ3v) is 5.71. The van der Waals surface area contributed by atoms with Gasteiger partial charge in [0.05, 0.1) is 0 Å². The fourth-order valence-corrected chi connectivity index (χ4v) is 4.43. The molecule has 30 heavy (non-hydrogen) atoms. The molecule has 162 valence electrons. The number of nitrogens with zero attached hydrogens (tertiary/aromatic N) is 4. The van der Waals surface area contributed by atoms with Crippen LogP contribution in [0.4, 0.5) is 0 Å². The zero-order valence-corrected chi connectivity index (χ0v) is 19.5. The van der Waals surface area contributed by atoms with Crippen LogP contribution < -0.4 is 0 Å². The number of rotatable bonds is 7. The number of hydrogen-bond acceptors (Lipinski definition) is 4. The van der Waals surface area contributed by atoms with Crippen LogP contribution >= 0.6 is 0 Å². The summed E-state index contributed by atoms with van der Waals surface area (Å²) in [5.74, 6) is 0.262. The van der Waals surface area contributed by atoms with Gasteiger partial charge in [0.15, 0.2) is 0 Å². The van der Waals surface area contributed by atoms with Gasteiger partial charge in [0.2, 0.25) is 0 Å². The number of benzene rings is 2. The largest absolute Gasteiger partial charge is 0.505 e. The van der Waals surface area contributed by atoms with Crippen LogP contribution in [0.5, 0.6) is 5.75 Å². The summed E-state index contributed by atoms with van der Waals surface area (Å²) in [7, 11) is 0. The number of aromatic hydroxyl groups is 1. The van der Waals surface area contributed by atoms with E-state index in [1.807, 2.05) is 24.3 Å². The maximum atomic E-state index is 11.2. The van der Waals surface area contributed by atoms with Crippen molar-refractivity contribution in [1.82, 2.24) is 19.9 Å². The van der Waals surface area contributed by atoms with Gasteiger partial charge in [0, 0.05) is 12.1 Å². The van der Waals surface area contributed by atoms with E-state index in [1.54, 1.807) is 4.80 Å². The molecular weight excluding hydrogens is 372 g/mol. The highest BCUT2D eigenvalue weighted by Gasteiger charge is 2.29. The number of phenolic OH excluding ortho intramolecular Hbond substituents is 1. The lowest BCUT2D eigenvalue weighted by atomic mass is 9.72. The van der Waals surface area contributed by atoms with E-state index in [0.717, 1.165) is 36.1 Å². The van der Waals surface area contributed by atoms with Crippen LogP contribution in [0.25, 0.3) is 16.7 Å². The number of fused-ring (bicyclic) bond motifs is 1. The van der Waals surface area contributed by atoms with Crippen molar-refractivity contribution in [2.75, 3.05) is 13.1 Å². The van der Waals surface area contributed by atoms with Gasteiger partial charge in [0.1, 0.15) is 22.5 Å². The van der Waals surface area contributed by atoms with E-state index in [2.05, 4.69) is 75.7 Å². The average molecular weight is 409 g/mol. The summed E-state index contributed by atoms with van der Waals surface area (Å²) in [6, 6.07) is 12.0. The molecular formula is C25H36N4O. The van der Waals surface area contributed by atoms with Crippen LogP contribution in [0.3, 0.4) is 0 Å². The molecule has 0 aliphatic heterocycles. The van der Waals surface area contributed by atoms with E-state index in [9.17, 15) is 5.11 Å². The number of hydrogen-bond donors (Lipinski definition) is 1. The van der Waals surface area contributed by atoms with Crippen LogP contribution in [-0.2, 0) is 12.0 Å². The summed E-state index contributed by atoms with van der Waals surface area (Å²) in [4.78, 5) is 3.90. The predicted octanol–water partition coefficient (Wildman–Crippen LogP) is 5.68. The topological polar surface area (TPSA) is 54.2 Å². The highest BCUT2D eigenvalue weighted by molar-refractivity contribution is 5.73. The van der Waals surface area contributed by atoms with E-state index in [1.165, 1.54) is 5.56 Å². The van der Waals surface area contributed by atoms with Crippen LogP contribution in [0.1, 0.15) is 66.0 Å². The van der Waals surface area contributed by atoms with Crippen molar-refractivity contribution in [3.63, 3.8) is 0 Å². The number of aromatic nitrogens is 3. The van der Waals surface area contributed by atoms with Gasteiger partial charge >= 0.3 is 0 Å². The molecule has 0 unspecified atom stereocenters. The van der Waals surface area contributed by atoms with Crippen LogP contribution in [0, 0.1) is 5.41 Å². The third kappa shape index (κ3) is 4.84. The smallest absolute Gasteiger partial charge is 0.147 e. The van der Waals surface area contributed by atoms with Crippen molar-refractivity contribution in [2.45, 2.75) is 66.8 Å². The predicted molar refractivity (Wildman–Crippen MR) is 124 cm³/mol. The fraction of sp³-hybridized carbons (Fsp3) is 0.520. The van der Waals surface area contributed by atoms with Crippen molar-refractivity contribution in [1.29, 1.82) is 0 Å². The Morgan fingerprint density at radius 2 is 1.50 bits per heavy atom. The second-order valence-corrected chi connectivity index (χ2v) is 10.1. The van der Waals surface area contributed by atoms with Gasteiger partial charge in [-0.15, -0.1) is 15.0 Å². The van der Waals surface area contributed by atoms with Crippen molar-refractivity contribution >= 4 is 11.0 Å². The SMILES string of the molecule is CCN(CC)Cc1cc(C(C)(C)CC(C)(C)C)cc(-n2nc3ccccc3n2)c1O. The van der Waals surface area contributed by atoms with E-state index in [0.29, 0.717) is 12.2 Å². The summed E-state index contributed by atoms with van der Waals surface area (Å²) in [5, 5.41) is 20.5. The Balaban J connectivity index is 2.17. The molecule has 0 amide bonds. The highest BCUT2D eigenvalue weighted by atomic mass is 16.3. The Hall–Kier alpha value is -2.40. The summed E-state index contributed by atoms with van der Waals surface area (Å²) in [6.45, 7) is 18.2. The molecule has 5 heteroatoms. The molecule has 5 nitrogen and oxygen atoms in total. The van der Waals surface area contributed by atoms with Gasteiger partial charge in [-0.3, -0.25) is 4.90 Å². The first-order valence-electron chi connectivity index (χ1n) is 11.0. The Kier molecular flexibility index (Phi) is 6.23. The highest BCUT2D eigenvalue weighted by Crippen LogP contribution is 2.40. The molecule has 0 radical (unpaired) electrons. The quantitative estimate of drug-likeness (QED) is 0.546. The first-order chi connectivity index (χ1) is 14.0. The molecule has 0 bridgehead atoms. The van der Waals surface area contributed by atoms with Crippen LogP contribution in [0.15, 0.2) is 36.4 Å². The van der Waals surface area contributed by atoms with Crippen molar-refractivity contribution in [3.05, 3.63) is 47.5 Å². The van der Waals surface area contributed by atoms with Crippen LogP contribution in [0.2, 0.25) is 0 Å². The Morgan fingerprint density at radius 3 is 2.00 bits per heavy atom. The molecule has 3 aromatic rings. The fourth-order valence-electron chi connectivity index (χ4n) is 4.43. The monoisotopic (exact) mass is 408 g/mol. The lowest BCUT2D eigenvalue weighted by Crippen LogP contribution is -2.26. The summed E-state index contributed by atoms with van der Waals surface area (Å²) in [6.07, 6.45) is 1.03. The van der Waals surface area contributed by atoms with Gasteiger partial charge in [-0.25, -0.2) is 0 Å². The third-order valence-electron chi connectivity index (χ3n) is 5.71. The van der Waals surface area contributed by atoms with E-state index < -0.39 is 0 Å². The maximum absolute atomic E-state index is 11.2. The molecule has 0 saturated heterocycles. The minimum atomic E-state index is -0.0503. The molecule has 3 rings (SSSR count). The first kappa shape index (κ1) is 22.3. The minimum absolute atomic E-state index is 0.0503. The van der Waals surface area contributed by atoms with E-state index in [4.69, 9.17) is 0 Å². The molecule has 2 aromatic carbocycles. The van der Waals surface area contributed by atoms with Gasteiger partial charge in [-0.2, -0.15) is 0 Å². The molecule has 0 saturated carbocycles. The summed E-state index contributed by atoms with van der Waals surface area (Å²) >= 11 is 0. The molecule has 1 aromatic heterocycles. The zero-order chi connectivity index (χ0) is 22.1. The van der Waals surface area contributed by atoms with Crippen molar-refractivity contribution in [2.24, 2.45) is 5.41 Å². The summed E-state index contributed by atoms with van der Waals surface area (Å²) in [5.41, 5.74) is 4.56.